The van der Waals surface area contributed by atoms with Crippen LogP contribution >= 0.6 is 12.6 Å². The molecule has 1 rings (SSSR count). The van der Waals surface area contributed by atoms with Gasteiger partial charge in [-0.1, -0.05) is 18.2 Å². The van der Waals surface area contributed by atoms with E-state index >= 15 is 0 Å². The highest BCUT2D eigenvalue weighted by Gasteiger charge is 2.02. The maximum Gasteiger partial charge on any atom is 0.0615 e. The van der Waals surface area contributed by atoms with Crippen LogP contribution in [0, 0.1) is 5.41 Å². The molecular formula is C6H7NS. The normalized spacial score (nSPS) is 26.6. The molecule has 1 aliphatic carbocycles. The first kappa shape index (κ1) is 5.63. The van der Waals surface area contributed by atoms with Crippen molar-refractivity contribution in [2.45, 2.75) is 5.25 Å². The SMILES string of the molecule is N=C1C=CC=CC1S. The summed E-state index contributed by atoms with van der Waals surface area (Å²) in [6.07, 6.45) is 7.37. The first-order chi connectivity index (χ1) is 3.80. The Morgan fingerprint density at radius 3 is 2.62 bits per heavy atom. The number of thiol groups is 1. The summed E-state index contributed by atoms with van der Waals surface area (Å²) in [5, 5.41) is 7.19. The van der Waals surface area contributed by atoms with Crippen molar-refractivity contribution in [1.82, 2.24) is 0 Å². The van der Waals surface area contributed by atoms with Crippen molar-refractivity contribution in [3.8, 4) is 0 Å². The van der Waals surface area contributed by atoms with Crippen LogP contribution in [0.2, 0.25) is 0 Å². The Labute approximate surface area is 54.0 Å². The third-order valence-corrected chi connectivity index (χ3v) is 1.45. The molecule has 0 saturated heterocycles. The van der Waals surface area contributed by atoms with E-state index in [9.17, 15) is 0 Å². The highest BCUT2D eigenvalue weighted by Crippen LogP contribution is 2.04. The van der Waals surface area contributed by atoms with Crippen molar-refractivity contribution < 1.29 is 0 Å². The molecule has 0 radical (unpaired) electrons. The Hall–Kier alpha value is -0.500. The zero-order valence-corrected chi connectivity index (χ0v) is 5.23. The molecule has 2 heteroatoms. The topological polar surface area (TPSA) is 23.9 Å². The van der Waals surface area contributed by atoms with Crippen LogP contribution in [0.5, 0.6) is 0 Å². The number of hydrogen-bond donors (Lipinski definition) is 2. The highest BCUT2D eigenvalue weighted by atomic mass is 32.1. The monoisotopic (exact) mass is 125 g/mol. The predicted molar refractivity (Wildman–Crippen MR) is 38.8 cm³/mol. The molecule has 0 saturated carbocycles. The standard InChI is InChI=1S/C6H7NS/c7-5-3-1-2-4-6(5)8/h1-4,6-8H. The van der Waals surface area contributed by atoms with Crippen molar-refractivity contribution in [2.75, 3.05) is 0 Å². The first-order valence-electron chi connectivity index (χ1n) is 2.42. The Bertz CT molecular complexity index is 158. The number of hydrogen-bond acceptors (Lipinski definition) is 2. The fourth-order valence-electron chi connectivity index (χ4n) is 0.531. The van der Waals surface area contributed by atoms with Gasteiger partial charge in [0.1, 0.15) is 0 Å². The molecule has 0 amide bonds. The smallest absolute Gasteiger partial charge is 0.0615 e. The number of rotatable bonds is 0. The van der Waals surface area contributed by atoms with Gasteiger partial charge in [0, 0.05) is 5.71 Å². The second kappa shape index (κ2) is 2.18. The summed E-state index contributed by atoms with van der Waals surface area (Å²) in [6.45, 7) is 0. The molecule has 0 fully saturated rings. The highest BCUT2D eigenvalue weighted by molar-refractivity contribution is 7.82. The molecule has 1 nitrogen and oxygen atoms in total. The Balaban J connectivity index is 2.74. The minimum Gasteiger partial charge on any atom is -0.304 e. The van der Waals surface area contributed by atoms with Crippen LogP contribution in [0.4, 0.5) is 0 Å². The molecule has 0 aromatic heterocycles. The second-order valence-electron chi connectivity index (χ2n) is 1.64. The van der Waals surface area contributed by atoms with Crippen LogP contribution < -0.4 is 0 Å². The van der Waals surface area contributed by atoms with Crippen molar-refractivity contribution in [3.05, 3.63) is 24.3 Å². The van der Waals surface area contributed by atoms with Crippen LogP contribution in [-0.4, -0.2) is 11.0 Å². The molecular weight excluding hydrogens is 118 g/mol. The Morgan fingerprint density at radius 2 is 2.25 bits per heavy atom. The van der Waals surface area contributed by atoms with Gasteiger partial charge in [-0.3, -0.25) is 0 Å². The van der Waals surface area contributed by atoms with E-state index in [2.05, 4.69) is 12.6 Å². The summed E-state index contributed by atoms with van der Waals surface area (Å²) in [7, 11) is 0. The van der Waals surface area contributed by atoms with Gasteiger partial charge in [-0.2, -0.15) is 12.6 Å². The van der Waals surface area contributed by atoms with Gasteiger partial charge in [-0.15, -0.1) is 0 Å². The molecule has 8 heavy (non-hydrogen) atoms. The van der Waals surface area contributed by atoms with Crippen LogP contribution in [0.15, 0.2) is 24.3 Å². The Morgan fingerprint density at radius 1 is 1.50 bits per heavy atom. The largest absolute Gasteiger partial charge is 0.304 e. The zero-order valence-electron chi connectivity index (χ0n) is 4.33. The van der Waals surface area contributed by atoms with E-state index in [-0.39, 0.29) is 5.25 Å². The maximum atomic E-state index is 7.18. The summed E-state index contributed by atoms with van der Waals surface area (Å²) in [5.74, 6) is 0. The lowest BCUT2D eigenvalue weighted by Crippen LogP contribution is -2.08. The van der Waals surface area contributed by atoms with Crippen LogP contribution in [-0.2, 0) is 0 Å². The zero-order chi connectivity index (χ0) is 5.98. The van der Waals surface area contributed by atoms with Gasteiger partial charge in [0.05, 0.1) is 5.25 Å². The van der Waals surface area contributed by atoms with Crippen LogP contribution in [0.3, 0.4) is 0 Å². The maximum absolute atomic E-state index is 7.18. The fourth-order valence-corrected chi connectivity index (χ4v) is 0.716. The molecule has 0 bridgehead atoms. The summed E-state index contributed by atoms with van der Waals surface area (Å²) in [4.78, 5) is 0. The minimum absolute atomic E-state index is 0.0139. The number of allylic oxidation sites excluding steroid dienone is 3. The third kappa shape index (κ3) is 1.01. The summed E-state index contributed by atoms with van der Waals surface area (Å²) in [6, 6.07) is 0. The minimum atomic E-state index is 0.0139. The molecule has 0 heterocycles. The second-order valence-corrected chi connectivity index (χ2v) is 2.20. The molecule has 42 valence electrons. The lowest BCUT2D eigenvalue weighted by molar-refractivity contribution is 1.39. The van der Waals surface area contributed by atoms with E-state index < -0.39 is 0 Å². The van der Waals surface area contributed by atoms with E-state index in [4.69, 9.17) is 5.41 Å². The van der Waals surface area contributed by atoms with Gasteiger partial charge in [0.25, 0.3) is 0 Å². The molecule has 0 aliphatic heterocycles. The van der Waals surface area contributed by atoms with E-state index in [1.54, 1.807) is 6.08 Å². The van der Waals surface area contributed by atoms with Gasteiger partial charge < -0.3 is 5.41 Å². The predicted octanol–water partition coefficient (Wildman–Crippen LogP) is 1.43. The van der Waals surface area contributed by atoms with Crippen LogP contribution in [0.1, 0.15) is 0 Å². The summed E-state index contributed by atoms with van der Waals surface area (Å²) >= 11 is 4.09. The third-order valence-electron chi connectivity index (χ3n) is 0.999. The van der Waals surface area contributed by atoms with Gasteiger partial charge in [0.15, 0.2) is 0 Å². The van der Waals surface area contributed by atoms with E-state index in [1.807, 2.05) is 18.2 Å². The molecule has 1 atom stereocenters. The molecule has 0 aromatic rings. The van der Waals surface area contributed by atoms with Crippen LogP contribution in [0.25, 0.3) is 0 Å². The van der Waals surface area contributed by atoms with Gasteiger partial charge in [-0.05, 0) is 6.08 Å². The number of nitrogens with one attached hydrogen (secondary N) is 1. The van der Waals surface area contributed by atoms with Crippen molar-refractivity contribution in [3.63, 3.8) is 0 Å². The fraction of sp³-hybridized carbons (Fsp3) is 0.167. The van der Waals surface area contributed by atoms with Gasteiger partial charge in [-0.25, -0.2) is 0 Å². The molecule has 1 N–H and O–H groups in total. The average Bonchev–Trinajstić information content (AvgIpc) is 1.77. The molecule has 1 aliphatic rings. The van der Waals surface area contributed by atoms with E-state index in [0.29, 0.717) is 5.71 Å². The molecule has 0 aromatic carbocycles. The lowest BCUT2D eigenvalue weighted by Gasteiger charge is -2.04. The average molecular weight is 125 g/mol. The molecule has 0 spiro atoms. The van der Waals surface area contributed by atoms with Gasteiger partial charge in [0.2, 0.25) is 0 Å². The first-order valence-corrected chi connectivity index (χ1v) is 2.94. The van der Waals surface area contributed by atoms with Crippen molar-refractivity contribution in [2.24, 2.45) is 0 Å². The van der Waals surface area contributed by atoms with E-state index in [0.717, 1.165) is 0 Å². The van der Waals surface area contributed by atoms with Crippen molar-refractivity contribution >= 4 is 18.3 Å². The van der Waals surface area contributed by atoms with Crippen molar-refractivity contribution in [1.29, 1.82) is 5.41 Å². The van der Waals surface area contributed by atoms with Gasteiger partial charge >= 0.3 is 0 Å². The van der Waals surface area contributed by atoms with E-state index in [1.165, 1.54) is 0 Å². The lowest BCUT2D eigenvalue weighted by atomic mass is 10.1. The summed E-state index contributed by atoms with van der Waals surface area (Å²) < 4.78 is 0. The summed E-state index contributed by atoms with van der Waals surface area (Å²) in [5.41, 5.74) is 0.566. The quantitative estimate of drug-likeness (QED) is 0.458. The molecule has 1 unspecified atom stereocenters. The Kier molecular flexibility index (Phi) is 1.53.